The van der Waals surface area contributed by atoms with E-state index in [-0.39, 0.29) is 5.56 Å². The summed E-state index contributed by atoms with van der Waals surface area (Å²) in [5.41, 5.74) is -0.406. The lowest BCUT2D eigenvalue weighted by atomic mass is 9.94. The molecule has 0 saturated heterocycles. The number of halogens is 3. The van der Waals surface area contributed by atoms with E-state index in [1.54, 1.807) is 13.8 Å². The maximum Gasteiger partial charge on any atom is 0.416 e. The van der Waals surface area contributed by atoms with Crippen molar-refractivity contribution in [2.24, 2.45) is 10.9 Å². The van der Waals surface area contributed by atoms with Gasteiger partial charge in [-0.25, -0.2) is 0 Å². The van der Waals surface area contributed by atoms with Gasteiger partial charge in [0.15, 0.2) is 5.78 Å². The fourth-order valence-corrected chi connectivity index (χ4v) is 1.67. The normalized spacial score (nSPS) is 13.7. The molecule has 0 saturated carbocycles. The lowest BCUT2D eigenvalue weighted by Crippen LogP contribution is -2.21. The molecule has 106 valence electrons. The van der Waals surface area contributed by atoms with Crippen molar-refractivity contribution in [3.05, 3.63) is 35.4 Å². The van der Waals surface area contributed by atoms with Gasteiger partial charge < -0.3 is 0 Å². The van der Waals surface area contributed by atoms with Crippen LogP contribution in [0.1, 0.15) is 29.8 Å². The van der Waals surface area contributed by atoms with Gasteiger partial charge in [0.2, 0.25) is 0 Å². The number of ketones is 1. The summed E-state index contributed by atoms with van der Waals surface area (Å²) in [6, 6.07) is 5.64. The molecule has 0 bridgehead atoms. The third-order valence-corrected chi connectivity index (χ3v) is 2.71. The zero-order chi connectivity index (χ0) is 15.3. The zero-order valence-electron chi connectivity index (χ0n) is 11.0. The van der Waals surface area contributed by atoms with Crippen LogP contribution in [0.15, 0.2) is 29.3 Å². The highest BCUT2D eigenvalue weighted by Crippen LogP contribution is 2.29. The maximum absolute atomic E-state index is 12.4. The van der Waals surface area contributed by atoms with Crippen LogP contribution in [-0.2, 0) is 6.18 Å². The van der Waals surface area contributed by atoms with E-state index in [0.29, 0.717) is 12.3 Å². The van der Waals surface area contributed by atoms with E-state index in [2.05, 4.69) is 4.99 Å². The number of Topliss-reactive ketones (excluding diaryl/α,β-unsaturated/α-hetero) is 1. The summed E-state index contributed by atoms with van der Waals surface area (Å²) in [4.78, 5) is 16.1. The zero-order valence-corrected chi connectivity index (χ0v) is 11.0. The van der Waals surface area contributed by atoms with E-state index < -0.39 is 23.4 Å². The van der Waals surface area contributed by atoms with E-state index in [1.165, 1.54) is 0 Å². The summed E-state index contributed by atoms with van der Waals surface area (Å²) in [6.07, 6.45) is -4.45. The van der Waals surface area contributed by atoms with Gasteiger partial charge in [-0.1, -0.05) is 12.1 Å². The molecule has 1 aromatic carbocycles. The van der Waals surface area contributed by atoms with Gasteiger partial charge in [-0.15, -0.1) is 0 Å². The van der Waals surface area contributed by atoms with Crippen molar-refractivity contribution in [3.8, 4) is 6.07 Å². The molecular formula is C14H13F3N2O. The minimum Gasteiger partial charge on any atom is -0.293 e. The molecule has 6 heteroatoms. The van der Waals surface area contributed by atoms with Crippen LogP contribution >= 0.6 is 0 Å². The number of aliphatic imine (C=N–C) groups is 1. The number of hydrogen-bond acceptors (Lipinski definition) is 3. The molecule has 1 unspecified atom stereocenters. The molecular weight excluding hydrogens is 269 g/mol. The van der Waals surface area contributed by atoms with Gasteiger partial charge in [0, 0.05) is 17.8 Å². The van der Waals surface area contributed by atoms with Crippen molar-refractivity contribution < 1.29 is 18.0 Å². The maximum atomic E-state index is 12.4. The van der Waals surface area contributed by atoms with Gasteiger partial charge in [0.1, 0.15) is 5.92 Å². The lowest BCUT2D eigenvalue weighted by Gasteiger charge is -2.10. The van der Waals surface area contributed by atoms with Crippen LogP contribution in [0.25, 0.3) is 0 Å². The second-order valence-corrected chi connectivity index (χ2v) is 4.12. The highest BCUT2D eigenvalue weighted by atomic mass is 19.4. The number of rotatable bonds is 4. The average molecular weight is 282 g/mol. The first kappa shape index (κ1) is 15.9. The second-order valence-electron chi connectivity index (χ2n) is 4.12. The van der Waals surface area contributed by atoms with Crippen molar-refractivity contribution in [1.29, 1.82) is 5.26 Å². The topological polar surface area (TPSA) is 53.2 Å². The predicted octanol–water partition coefficient (Wildman–Crippen LogP) is 3.51. The van der Waals surface area contributed by atoms with E-state index in [1.807, 2.05) is 6.07 Å². The smallest absolute Gasteiger partial charge is 0.293 e. The van der Waals surface area contributed by atoms with Gasteiger partial charge in [-0.05, 0) is 26.0 Å². The number of carbonyl (C=O) groups excluding carboxylic acids is 1. The second kappa shape index (κ2) is 6.33. The molecule has 0 heterocycles. The summed E-state index contributed by atoms with van der Waals surface area (Å²) in [6.45, 7) is 3.75. The Kier molecular flexibility index (Phi) is 5.03. The SMILES string of the molecule is CCN=C(C)C(C#N)C(=O)c1ccc(C(F)(F)F)cc1. The van der Waals surface area contributed by atoms with Gasteiger partial charge in [-0.2, -0.15) is 18.4 Å². The molecule has 0 aliphatic carbocycles. The minimum absolute atomic E-state index is 0.0650. The Morgan fingerprint density at radius 1 is 1.35 bits per heavy atom. The molecule has 1 aromatic rings. The predicted molar refractivity (Wildman–Crippen MR) is 68.5 cm³/mol. The number of carbonyl (C=O) groups is 1. The van der Waals surface area contributed by atoms with Gasteiger partial charge in [0.05, 0.1) is 11.6 Å². The summed E-state index contributed by atoms with van der Waals surface area (Å²) >= 11 is 0. The molecule has 0 aliphatic rings. The van der Waals surface area contributed by atoms with E-state index in [0.717, 1.165) is 24.3 Å². The summed E-state index contributed by atoms with van der Waals surface area (Å²) in [7, 11) is 0. The Morgan fingerprint density at radius 3 is 2.30 bits per heavy atom. The molecule has 0 amide bonds. The Labute approximate surface area is 114 Å². The quantitative estimate of drug-likeness (QED) is 0.626. The monoisotopic (exact) mass is 282 g/mol. The van der Waals surface area contributed by atoms with E-state index in [9.17, 15) is 18.0 Å². The van der Waals surface area contributed by atoms with Crippen LogP contribution < -0.4 is 0 Å². The molecule has 3 nitrogen and oxygen atoms in total. The molecule has 0 radical (unpaired) electrons. The third kappa shape index (κ3) is 3.67. The fourth-order valence-electron chi connectivity index (χ4n) is 1.67. The Balaban J connectivity index is 3.04. The molecule has 20 heavy (non-hydrogen) atoms. The van der Waals surface area contributed by atoms with Gasteiger partial charge in [0.25, 0.3) is 0 Å². The lowest BCUT2D eigenvalue weighted by molar-refractivity contribution is -0.137. The van der Waals surface area contributed by atoms with Gasteiger partial charge >= 0.3 is 6.18 Å². The third-order valence-electron chi connectivity index (χ3n) is 2.71. The van der Waals surface area contributed by atoms with Crippen molar-refractivity contribution in [2.45, 2.75) is 20.0 Å². The van der Waals surface area contributed by atoms with Crippen molar-refractivity contribution in [2.75, 3.05) is 6.54 Å². The first-order valence-electron chi connectivity index (χ1n) is 5.93. The molecule has 0 fully saturated rings. The molecule has 0 N–H and O–H groups in total. The first-order chi connectivity index (χ1) is 9.31. The average Bonchev–Trinajstić information content (AvgIpc) is 2.39. The molecule has 0 aromatic heterocycles. The summed E-state index contributed by atoms with van der Waals surface area (Å²) in [5, 5.41) is 9.01. The van der Waals surface area contributed by atoms with Crippen molar-refractivity contribution >= 4 is 11.5 Å². The van der Waals surface area contributed by atoms with Crippen LogP contribution in [0.2, 0.25) is 0 Å². The van der Waals surface area contributed by atoms with Gasteiger partial charge in [-0.3, -0.25) is 9.79 Å². The molecule has 1 atom stereocenters. The highest BCUT2D eigenvalue weighted by molar-refractivity contribution is 6.13. The Hall–Kier alpha value is -2.16. The largest absolute Gasteiger partial charge is 0.416 e. The van der Waals surface area contributed by atoms with E-state index >= 15 is 0 Å². The highest BCUT2D eigenvalue weighted by Gasteiger charge is 2.31. The molecule has 0 aliphatic heterocycles. The van der Waals surface area contributed by atoms with E-state index in [4.69, 9.17) is 5.26 Å². The van der Waals surface area contributed by atoms with Crippen molar-refractivity contribution in [1.82, 2.24) is 0 Å². The Morgan fingerprint density at radius 2 is 1.90 bits per heavy atom. The van der Waals surface area contributed by atoms with Crippen molar-refractivity contribution in [3.63, 3.8) is 0 Å². The summed E-state index contributed by atoms with van der Waals surface area (Å²) in [5.74, 6) is -1.61. The number of nitrogens with zero attached hydrogens (tertiary/aromatic N) is 2. The number of benzene rings is 1. The van der Waals surface area contributed by atoms with Crippen LogP contribution in [0.4, 0.5) is 13.2 Å². The fraction of sp³-hybridized carbons (Fsp3) is 0.357. The number of alkyl halides is 3. The van der Waals surface area contributed by atoms with Crippen LogP contribution in [0.3, 0.4) is 0 Å². The van der Waals surface area contributed by atoms with Crippen LogP contribution in [0.5, 0.6) is 0 Å². The first-order valence-corrected chi connectivity index (χ1v) is 5.93. The number of hydrogen-bond donors (Lipinski definition) is 0. The van der Waals surface area contributed by atoms with Crippen LogP contribution in [-0.4, -0.2) is 18.0 Å². The number of nitriles is 1. The van der Waals surface area contributed by atoms with Crippen LogP contribution in [0, 0.1) is 17.2 Å². The molecule has 1 rings (SSSR count). The summed E-state index contributed by atoms with van der Waals surface area (Å²) < 4.78 is 37.3. The Bertz CT molecular complexity index is 553. The minimum atomic E-state index is -4.45. The standard InChI is InChI=1S/C14H13F3N2O/c1-3-19-9(2)12(8-18)13(20)10-4-6-11(7-5-10)14(15,16)17/h4-7,12H,3H2,1-2H3. The molecule has 0 spiro atoms.